The van der Waals surface area contributed by atoms with Crippen LogP contribution in [0.2, 0.25) is 0 Å². The lowest BCUT2D eigenvalue weighted by molar-refractivity contribution is -0.127. The first-order valence-corrected chi connectivity index (χ1v) is 7.27. The Kier molecular flexibility index (Phi) is 3.47. The lowest BCUT2D eigenvalue weighted by atomic mass is 9.90. The van der Waals surface area contributed by atoms with Crippen LogP contribution in [0.25, 0.3) is 0 Å². The first-order valence-electron chi connectivity index (χ1n) is 7.27. The van der Waals surface area contributed by atoms with Crippen molar-refractivity contribution in [2.45, 2.75) is 51.2 Å². The van der Waals surface area contributed by atoms with Crippen LogP contribution in [0.3, 0.4) is 0 Å². The van der Waals surface area contributed by atoms with Crippen LogP contribution < -0.4 is 10.1 Å². The van der Waals surface area contributed by atoms with Gasteiger partial charge in [-0.1, -0.05) is 12.1 Å². The Balaban J connectivity index is 1.75. The monoisotopic (exact) mass is 273 g/mol. The Labute approximate surface area is 118 Å². The Morgan fingerprint density at radius 2 is 2.15 bits per heavy atom. The van der Waals surface area contributed by atoms with E-state index in [2.05, 4.69) is 5.32 Å². The lowest BCUT2D eigenvalue weighted by Gasteiger charge is -2.21. The van der Waals surface area contributed by atoms with Gasteiger partial charge in [-0.05, 0) is 38.7 Å². The number of carbonyl (C=O) groups excluding carboxylic acids is 2. The summed E-state index contributed by atoms with van der Waals surface area (Å²) >= 11 is 0. The van der Waals surface area contributed by atoms with Crippen molar-refractivity contribution < 1.29 is 14.3 Å². The molecule has 4 heteroatoms. The van der Waals surface area contributed by atoms with Crippen LogP contribution in [0.4, 0.5) is 0 Å². The van der Waals surface area contributed by atoms with Gasteiger partial charge in [0, 0.05) is 23.6 Å². The van der Waals surface area contributed by atoms with Gasteiger partial charge < -0.3 is 10.1 Å². The molecule has 1 N–H and O–H groups in total. The van der Waals surface area contributed by atoms with E-state index in [1.165, 1.54) is 0 Å². The third-order valence-electron chi connectivity index (χ3n) is 3.86. The number of rotatable bonds is 4. The molecule has 2 aliphatic carbocycles. The highest BCUT2D eigenvalue weighted by atomic mass is 16.5. The van der Waals surface area contributed by atoms with Crippen LogP contribution in [0, 0.1) is 0 Å². The quantitative estimate of drug-likeness (QED) is 0.915. The highest BCUT2D eigenvalue weighted by Crippen LogP contribution is 2.30. The summed E-state index contributed by atoms with van der Waals surface area (Å²) in [6.45, 7) is 1.75. The molecule has 0 spiro atoms. The Morgan fingerprint density at radius 1 is 1.35 bits per heavy atom. The van der Waals surface area contributed by atoms with E-state index in [1.807, 2.05) is 18.2 Å². The fourth-order valence-corrected chi connectivity index (χ4v) is 2.55. The van der Waals surface area contributed by atoms with Crippen molar-refractivity contribution in [2.24, 2.45) is 0 Å². The van der Waals surface area contributed by atoms with E-state index in [9.17, 15) is 9.59 Å². The molecule has 1 fully saturated rings. The van der Waals surface area contributed by atoms with Gasteiger partial charge in [-0.3, -0.25) is 9.59 Å². The molecule has 2 aliphatic rings. The molecule has 0 heterocycles. The average molecular weight is 273 g/mol. The maximum absolute atomic E-state index is 11.9. The van der Waals surface area contributed by atoms with Gasteiger partial charge in [0.1, 0.15) is 5.75 Å². The van der Waals surface area contributed by atoms with E-state index in [0.717, 1.165) is 36.8 Å². The van der Waals surface area contributed by atoms with Gasteiger partial charge in [-0.2, -0.15) is 0 Å². The minimum Gasteiger partial charge on any atom is -0.481 e. The maximum Gasteiger partial charge on any atom is 0.260 e. The molecule has 106 valence electrons. The summed E-state index contributed by atoms with van der Waals surface area (Å²) < 4.78 is 5.79. The van der Waals surface area contributed by atoms with Crippen molar-refractivity contribution in [1.29, 1.82) is 0 Å². The zero-order valence-electron chi connectivity index (χ0n) is 11.6. The molecule has 3 rings (SSSR count). The smallest absolute Gasteiger partial charge is 0.260 e. The minimum atomic E-state index is -0.529. The molecule has 0 saturated heterocycles. The molecular weight excluding hydrogens is 254 g/mol. The second-order valence-electron chi connectivity index (χ2n) is 5.60. The molecule has 1 atom stereocenters. The number of benzene rings is 1. The normalized spacial score (nSPS) is 19.1. The zero-order chi connectivity index (χ0) is 14.1. The van der Waals surface area contributed by atoms with E-state index < -0.39 is 6.10 Å². The highest BCUT2D eigenvalue weighted by molar-refractivity contribution is 5.99. The number of ether oxygens (including phenoxy) is 1. The fourth-order valence-electron chi connectivity index (χ4n) is 2.55. The molecule has 0 radical (unpaired) electrons. The number of hydrogen-bond acceptors (Lipinski definition) is 3. The number of Topliss-reactive ketones (excluding diaryl/α,β-unsaturated/α-hetero) is 1. The highest BCUT2D eigenvalue weighted by Gasteiger charge is 2.27. The van der Waals surface area contributed by atoms with E-state index in [-0.39, 0.29) is 11.7 Å². The summed E-state index contributed by atoms with van der Waals surface area (Å²) in [5.74, 6) is 0.771. The predicted molar refractivity (Wildman–Crippen MR) is 75.0 cm³/mol. The average Bonchev–Trinajstić information content (AvgIpc) is 3.24. The van der Waals surface area contributed by atoms with Crippen LogP contribution in [-0.4, -0.2) is 23.8 Å². The van der Waals surface area contributed by atoms with Crippen LogP contribution in [0.15, 0.2) is 18.2 Å². The van der Waals surface area contributed by atoms with Crippen LogP contribution in [0.5, 0.6) is 5.75 Å². The second kappa shape index (κ2) is 5.27. The molecule has 20 heavy (non-hydrogen) atoms. The topological polar surface area (TPSA) is 55.4 Å². The molecule has 1 aromatic carbocycles. The third-order valence-corrected chi connectivity index (χ3v) is 3.86. The van der Waals surface area contributed by atoms with E-state index in [4.69, 9.17) is 4.74 Å². The fraction of sp³-hybridized carbons (Fsp3) is 0.500. The molecule has 1 saturated carbocycles. The Hall–Kier alpha value is -1.84. The summed E-state index contributed by atoms with van der Waals surface area (Å²) in [6.07, 6.45) is 3.90. The molecule has 0 aliphatic heterocycles. The summed E-state index contributed by atoms with van der Waals surface area (Å²) in [4.78, 5) is 23.8. The van der Waals surface area contributed by atoms with Crippen molar-refractivity contribution in [1.82, 2.24) is 5.32 Å². The largest absolute Gasteiger partial charge is 0.481 e. The standard InChI is InChI=1S/C16H19NO3/c1-10(16(19)17-11-8-9-11)20-15-7-3-4-12-13(15)5-2-6-14(12)18/h3-4,7,10-11H,2,5-6,8-9H2,1H3,(H,17,19). The minimum absolute atomic E-state index is 0.0766. The van der Waals surface area contributed by atoms with Crippen molar-refractivity contribution in [3.05, 3.63) is 29.3 Å². The SMILES string of the molecule is CC(Oc1cccc2c1CCCC2=O)C(=O)NC1CC1. The predicted octanol–water partition coefficient (Wildman–Crippen LogP) is 2.25. The number of amides is 1. The van der Waals surface area contributed by atoms with Crippen LogP contribution in [-0.2, 0) is 11.2 Å². The van der Waals surface area contributed by atoms with Gasteiger partial charge in [0.15, 0.2) is 11.9 Å². The molecule has 1 aromatic rings. The van der Waals surface area contributed by atoms with E-state index in [1.54, 1.807) is 6.92 Å². The Morgan fingerprint density at radius 3 is 2.90 bits per heavy atom. The molecule has 0 aromatic heterocycles. The van der Waals surface area contributed by atoms with Gasteiger partial charge >= 0.3 is 0 Å². The Bertz CT molecular complexity index is 549. The summed E-state index contributed by atoms with van der Waals surface area (Å²) in [6, 6.07) is 5.85. The molecule has 4 nitrogen and oxygen atoms in total. The van der Waals surface area contributed by atoms with Crippen molar-refractivity contribution in [2.75, 3.05) is 0 Å². The van der Waals surface area contributed by atoms with Gasteiger partial charge in [-0.15, -0.1) is 0 Å². The van der Waals surface area contributed by atoms with Gasteiger partial charge in [0.2, 0.25) is 0 Å². The first kappa shape index (κ1) is 13.2. The molecule has 1 unspecified atom stereocenters. The van der Waals surface area contributed by atoms with Crippen molar-refractivity contribution >= 4 is 11.7 Å². The van der Waals surface area contributed by atoms with E-state index in [0.29, 0.717) is 18.2 Å². The second-order valence-corrected chi connectivity index (χ2v) is 5.60. The number of carbonyl (C=O) groups is 2. The third kappa shape index (κ3) is 2.69. The first-order chi connectivity index (χ1) is 9.65. The van der Waals surface area contributed by atoms with Crippen LogP contribution in [0.1, 0.15) is 48.5 Å². The lowest BCUT2D eigenvalue weighted by Crippen LogP contribution is -2.37. The number of fused-ring (bicyclic) bond motifs is 1. The van der Waals surface area contributed by atoms with E-state index >= 15 is 0 Å². The summed E-state index contributed by atoms with van der Waals surface area (Å²) in [5, 5.41) is 2.93. The van der Waals surface area contributed by atoms with Gasteiger partial charge in [0.25, 0.3) is 5.91 Å². The van der Waals surface area contributed by atoms with Crippen molar-refractivity contribution in [3.63, 3.8) is 0 Å². The summed E-state index contributed by atoms with van der Waals surface area (Å²) in [5.41, 5.74) is 1.71. The number of hydrogen-bond donors (Lipinski definition) is 1. The zero-order valence-corrected chi connectivity index (χ0v) is 11.6. The number of ketones is 1. The van der Waals surface area contributed by atoms with Crippen LogP contribution >= 0.6 is 0 Å². The van der Waals surface area contributed by atoms with Gasteiger partial charge in [-0.25, -0.2) is 0 Å². The maximum atomic E-state index is 11.9. The van der Waals surface area contributed by atoms with Gasteiger partial charge in [0.05, 0.1) is 0 Å². The van der Waals surface area contributed by atoms with Crippen molar-refractivity contribution in [3.8, 4) is 5.75 Å². The molecule has 0 bridgehead atoms. The molecular formula is C16H19NO3. The molecule has 1 amide bonds. The number of nitrogens with one attached hydrogen (secondary N) is 1. The summed E-state index contributed by atoms with van der Waals surface area (Å²) in [7, 11) is 0.